The number of pyridine rings is 1. The predicted octanol–water partition coefficient (Wildman–Crippen LogP) is 4.59. The Morgan fingerprint density at radius 3 is 2.44 bits per heavy atom. The number of phenolic OH excluding ortho intramolecular Hbond substituents is 1. The van der Waals surface area contributed by atoms with Crippen LogP contribution in [-0.4, -0.2) is 38.4 Å². The van der Waals surface area contributed by atoms with E-state index in [2.05, 4.69) is 11.9 Å². The number of ketones is 1. The third-order valence-corrected chi connectivity index (χ3v) is 5.72. The molecule has 0 aliphatic carbocycles. The van der Waals surface area contributed by atoms with Crippen LogP contribution in [0.3, 0.4) is 0 Å². The van der Waals surface area contributed by atoms with Gasteiger partial charge in [0.15, 0.2) is 0 Å². The average Bonchev–Trinajstić information content (AvgIpc) is 3.10. The molecule has 2 aromatic carbocycles. The molecule has 2 heterocycles. The van der Waals surface area contributed by atoms with Crippen LogP contribution in [0.15, 0.2) is 78.6 Å². The minimum atomic E-state index is -0.818. The van der Waals surface area contributed by atoms with Crippen molar-refractivity contribution in [2.75, 3.05) is 6.61 Å². The Hall–Kier alpha value is -4.13. The molecule has 1 aliphatic rings. The molecule has 0 saturated carbocycles. The van der Waals surface area contributed by atoms with Crippen molar-refractivity contribution in [3.05, 3.63) is 95.3 Å². The lowest BCUT2D eigenvalue weighted by Gasteiger charge is -2.25. The highest BCUT2D eigenvalue weighted by Gasteiger charge is 2.46. The first-order valence-corrected chi connectivity index (χ1v) is 11.2. The largest absolute Gasteiger partial charge is 0.508 e. The number of unbranched alkanes of at least 4 members (excludes halogenated alkanes) is 1. The summed E-state index contributed by atoms with van der Waals surface area (Å²) >= 11 is 0. The van der Waals surface area contributed by atoms with Gasteiger partial charge in [-0.1, -0.05) is 31.5 Å². The maximum atomic E-state index is 13.1. The second-order valence-electron chi connectivity index (χ2n) is 8.11. The number of phenols is 1. The maximum absolute atomic E-state index is 13.1. The molecule has 0 spiro atoms. The number of likely N-dealkylation sites (tertiary alicyclic amines) is 1. The zero-order valence-corrected chi connectivity index (χ0v) is 18.8. The van der Waals surface area contributed by atoms with Crippen molar-refractivity contribution in [3.63, 3.8) is 0 Å². The molecule has 1 unspecified atom stereocenters. The number of nitrogens with zero attached hydrogens (tertiary/aromatic N) is 2. The van der Waals surface area contributed by atoms with Gasteiger partial charge >= 0.3 is 0 Å². The van der Waals surface area contributed by atoms with E-state index in [0.717, 1.165) is 18.4 Å². The number of benzene rings is 2. The lowest BCUT2D eigenvalue weighted by Crippen LogP contribution is -2.29. The molecule has 2 N–H and O–H groups in total. The lowest BCUT2D eigenvalue weighted by atomic mass is 9.95. The first-order chi connectivity index (χ1) is 16.5. The number of rotatable bonds is 8. The van der Waals surface area contributed by atoms with E-state index in [0.29, 0.717) is 23.5 Å². The highest BCUT2D eigenvalue weighted by atomic mass is 16.5. The number of aromatic nitrogens is 1. The number of carbonyl (C=O) groups excluding carboxylic acids is 2. The molecule has 1 aromatic heterocycles. The normalized spacial score (nSPS) is 17.2. The molecule has 1 amide bonds. The van der Waals surface area contributed by atoms with Crippen molar-refractivity contribution in [3.8, 4) is 11.5 Å². The Labute approximate surface area is 198 Å². The first-order valence-electron chi connectivity index (χ1n) is 11.2. The molecule has 4 rings (SSSR count). The summed E-state index contributed by atoms with van der Waals surface area (Å²) in [7, 11) is 0. The van der Waals surface area contributed by atoms with Crippen molar-refractivity contribution >= 4 is 17.4 Å². The summed E-state index contributed by atoms with van der Waals surface area (Å²) in [5.74, 6) is -1.00. The number of aliphatic hydroxyl groups is 1. The van der Waals surface area contributed by atoms with E-state index < -0.39 is 17.7 Å². The van der Waals surface area contributed by atoms with Gasteiger partial charge in [0.25, 0.3) is 11.7 Å². The van der Waals surface area contributed by atoms with Gasteiger partial charge in [-0.3, -0.25) is 14.6 Å². The topological polar surface area (TPSA) is 100.0 Å². The van der Waals surface area contributed by atoms with Gasteiger partial charge in [0.2, 0.25) is 0 Å². The van der Waals surface area contributed by atoms with Crippen LogP contribution in [-0.2, 0) is 16.1 Å². The van der Waals surface area contributed by atoms with E-state index in [1.807, 2.05) is 6.07 Å². The fourth-order valence-electron chi connectivity index (χ4n) is 3.93. The highest BCUT2D eigenvalue weighted by Crippen LogP contribution is 2.40. The standard InChI is InChI=1S/C27H26N2O5/c1-2-3-15-34-22-12-8-20(9-13-22)25(31)23-24(19-6-10-21(30)11-7-19)29(27(33)26(23)32)17-18-5-4-14-28-16-18/h4-14,16,24,30-31H,2-3,15,17H2,1H3. The number of aromatic hydroxyl groups is 1. The maximum Gasteiger partial charge on any atom is 0.295 e. The molecule has 34 heavy (non-hydrogen) atoms. The number of Topliss-reactive ketones (excluding diaryl/α,β-unsaturated/α-hetero) is 1. The summed E-state index contributed by atoms with van der Waals surface area (Å²) in [4.78, 5) is 31.7. The van der Waals surface area contributed by atoms with Crippen molar-refractivity contribution in [1.29, 1.82) is 0 Å². The fourth-order valence-corrected chi connectivity index (χ4v) is 3.93. The van der Waals surface area contributed by atoms with Crippen molar-refractivity contribution < 1.29 is 24.5 Å². The molecule has 7 nitrogen and oxygen atoms in total. The second-order valence-corrected chi connectivity index (χ2v) is 8.11. The third-order valence-electron chi connectivity index (χ3n) is 5.72. The van der Waals surface area contributed by atoms with E-state index in [1.54, 1.807) is 54.9 Å². The highest BCUT2D eigenvalue weighted by molar-refractivity contribution is 6.46. The van der Waals surface area contributed by atoms with E-state index in [4.69, 9.17) is 4.74 Å². The number of ether oxygens (including phenoxy) is 1. The van der Waals surface area contributed by atoms with Gasteiger partial charge in [0.1, 0.15) is 17.3 Å². The first kappa shape index (κ1) is 23.0. The van der Waals surface area contributed by atoms with Gasteiger partial charge in [-0.05, 0) is 60.0 Å². The average molecular weight is 459 g/mol. The molecule has 3 aromatic rings. The van der Waals surface area contributed by atoms with Gasteiger partial charge in [-0.15, -0.1) is 0 Å². The molecule has 1 saturated heterocycles. The van der Waals surface area contributed by atoms with Crippen molar-refractivity contribution in [2.24, 2.45) is 0 Å². The molecular formula is C27H26N2O5. The van der Waals surface area contributed by atoms with E-state index in [-0.39, 0.29) is 23.6 Å². The summed E-state index contributed by atoms with van der Waals surface area (Å²) in [6.45, 7) is 2.83. The molecule has 174 valence electrons. The minimum Gasteiger partial charge on any atom is -0.508 e. The predicted molar refractivity (Wildman–Crippen MR) is 127 cm³/mol. The number of hydrogen-bond acceptors (Lipinski definition) is 6. The quantitative estimate of drug-likeness (QED) is 0.222. The van der Waals surface area contributed by atoms with Crippen LogP contribution in [0.2, 0.25) is 0 Å². The monoisotopic (exact) mass is 458 g/mol. The van der Waals surface area contributed by atoms with Gasteiger partial charge in [0.05, 0.1) is 18.2 Å². The zero-order chi connectivity index (χ0) is 24.1. The molecule has 1 fully saturated rings. The number of carbonyl (C=O) groups is 2. The van der Waals surface area contributed by atoms with Crippen LogP contribution in [0.5, 0.6) is 11.5 Å². The number of hydrogen-bond donors (Lipinski definition) is 2. The van der Waals surface area contributed by atoms with Crippen LogP contribution >= 0.6 is 0 Å². The van der Waals surface area contributed by atoms with E-state index >= 15 is 0 Å². The molecule has 7 heteroatoms. The Balaban J connectivity index is 1.74. The summed E-state index contributed by atoms with van der Waals surface area (Å²) in [5.41, 5.74) is 1.76. The lowest BCUT2D eigenvalue weighted by molar-refractivity contribution is -0.140. The van der Waals surface area contributed by atoms with Crippen LogP contribution < -0.4 is 4.74 Å². The van der Waals surface area contributed by atoms with Gasteiger partial charge < -0.3 is 19.8 Å². The summed E-state index contributed by atoms with van der Waals surface area (Å²) in [6, 6.07) is 15.8. The van der Waals surface area contributed by atoms with Crippen LogP contribution in [0.1, 0.15) is 42.5 Å². The van der Waals surface area contributed by atoms with Crippen LogP contribution in [0.4, 0.5) is 0 Å². The third kappa shape index (κ3) is 4.78. The van der Waals surface area contributed by atoms with Crippen LogP contribution in [0, 0.1) is 0 Å². The van der Waals surface area contributed by atoms with Gasteiger partial charge in [0, 0.05) is 24.5 Å². The van der Waals surface area contributed by atoms with Gasteiger partial charge in [-0.25, -0.2) is 0 Å². The minimum absolute atomic E-state index is 0.000712. The van der Waals surface area contributed by atoms with Crippen molar-refractivity contribution in [2.45, 2.75) is 32.4 Å². The Bertz CT molecular complexity index is 1190. The molecule has 1 aliphatic heterocycles. The molecule has 1 atom stereocenters. The Morgan fingerprint density at radius 2 is 1.79 bits per heavy atom. The van der Waals surface area contributed by atoms with Gasteiger partial charge in [-0.2, -0.15) is 0 Å². The second kappa shape index (κ2) is 10.2. The fraction of sp³-hybridized carbons (Fsp3) is 0.222. The van der Waals surface area contributed by atoms with E-state index in [1.165, 1.54) is 17.0 Å². The number of aliphatic hydroxyl groups excluding tert-OH is 1. The van der Waals surface area contributed by atoms with Crippen LogP contribution in [0.25, 0.3) is 5.76 Å². The Kier molecular flexibility index (Phi) is 6.92. The smallest absolute Gasteiger partial charge is 0.295 e. The summed E-state index contributed by atoms with van der Waals surface area (Å²) in [6.07, 6.45) is 5.22. The molecule has 0 bridgehead atoms. The molecular weight excluding hydrogens is 432 g/mol. The van der Waals surface area contributed by atoms with Crippen molar-refractivity contribution in [1.82, 2.24) is 9.88 Å². The SMILES string of the molecule is CCCCOc1ccc(C(O)=C2C(=O)C(=O)N(Cc3cccnc3)C2c2ccc(O)cc2)cc1. The molecule has 0 radical (unpaired) electrons. The van der Waals surface area contributed by atoms with E-state index in [9.17, 15) is 19.8 Å². The summed E-state index contributed by atoms with van der Waals surface area (Å²) in [5, 5.41) is 20.9. The summed E-state index contributed by atoms with van der Waals surface area (Å²) < 4.78 is 5.67. The zero-order valence-electron chi connectivity index (χ0n) is 18.8. The Morgan fingerprint density at radius 1 is 1.06 bits per heavy atom. The number of amides is 1.